The van der Waals surface area contributed by atoms with Gasteiger partial charge in [0, 0.05) is 18.1 Å². The quantitative estimate of drug-likeness (QED) is 0.885. The molecule has 0 spiro atoms. The van der Waals surface area contributed by atoms with Crippen molar-refractivity contribution in [3.8, 4) is 0 Å². The van der Waals surface area contributed by atoms with Crippen molar-refractivity contribution in [3.05, 3.63) is 36.5 Å². The molecule has 0 aliphatic heterocycles. The second-order valence-corrected chi connectivity index (χ2v) is 5.52. The first-order chi connectivity index (χ1) is 9.27. The fourth-order valence-corrected chi connectivity index (χ4v) is 2.89. The maximum absolute atomic E-state index is 10.5. The van der Waals surface area contributed by atoms with Crippen LogP contribution < -0.4 is 5.32 Å². The van der Waals surface area contributed by atoms with Crippen LogP contribution in [0, 0.1) is 0 Å². The number of anilines is 1. The first-order valence-electron chi connectivity index (χ1n) is 7.07. The van der Waals surface area contributed by atoms with E-state index >= 15 is 0 Å². The smallest absolute Gasteiger partial charge is 0.0933 e. The zero-order valence-corrected chi connectivity index (χ0v) is 11.1. The number of para-hydroxylation sites is 1. The number of pyridine rings is 1. The molecule has 1 saturated carbocycles. The zero-order chi connectivity index (χ0) is 13.1. The fourth-order valence-electron chi connectivity index (χ4n) is 2.89. The molecule has 0 unspecified atom stereocenters. The third kappa shape index (κ3) is 2.71. The molecule has 100 valence electrons. The van der Waals surface area contributed by atoms with Crippen LogP contribution >= 0.6 is 0 Å². The van der Waals surface area contributed by atoms with E-state index < -0.39 is 5.60 Å². The third-order valence-electron chi connectivity index (χ3n) is 4.02. The van der Waals surface area contributed by atoms with Gasteiger partial charge in [-0.2, -0.15) is 0 Å². The molecule has 1 aromatic heterocycles. The molecule has 0 bridgehead atoms. The normalized spacial score (nSPS) is 18.4. The number of benzene rings is 1. The van der Waals surface area contributed by atoms with Crippen LogP contribution in [0.2, 0.25) is 0 Å². The van der Waals surface area contributed by atoms with E-state index in [0.717, 1.165) is 42.3 Å². The molecule has 1 heterocycles. The molecule has 2 aromatic rings. The second-order valence-electron chi connectivity index (χ2n) is 5.52. The van der Waals surface area contributed by atoms with E-state index in [2.05, 4.69) is 22.4 Å². The lowest BCUT2D eigenvalue weighted by atomic mass is 9.85. The van der Waals surface area contributed by atoms with Crippen LogP contribution in [0.4, 0.5) is 5.69 Å². The van der Waals surface area contributed by atoms with Crippen LogP contribution in [0.25, 0.3) is 10.9 Å². The van der Waals surface area contributed by atoms with Gasteiger partial charge < -0.3 is 10.4 Å². The monoisotopic (exact) mass is 256 g/mol. The summed E-state index contributed by atoms with van der Waals surface area (Å²) in [4.78, 5) is 4.42. The molecule has 0 saturated heterocycles. The Balaban J connectivity index is 1.78. The zero-order valence-electron chi connectivity index (χ0n) is 11.1. The SMILES string of the molecule is OC1(CNc2cccc3cccnc23)CCCCC1. The average Bonchev–Trinajstić information content (AvgIpc) is 2.46. The van der Waals surface area contributed by atoms with E-state index in [1.54, 1.807) is 0 Å². The number of nitrogens with one attached hydrogen (secondary N) is 1. The first kappa shape index (κ1) is 12.4. The minimum Gasteiger partial charge on any atom is -0.388 e. The lowest BCUT2D eigenvalue weighted by molar-refractivity contribution is 0.0167. The van der Waals surface area contributed by atoms with Crippen LogP contribution in [-0.4, -0.2) is 22.2 Å². The molecule has 1 aliphatic carbocycles. The molecular formula is C16H20N2O. The maximum Gasteiger partial charge on any atom is 0.0933 e. The van der Waals surface area contributed by atoms with Gasteiger partial charge >= 0.3 is 0 Å². The van der Waals surface area contributed by atoms with E-state index in [9.17, 15) is 5.11 Å². The number of aromatic nitrogens is 1. The van der Waals surface area contributed by atoms with Crippen molar-refractivity contribution in [1.82, 2.24) is 4.98 Å². The van der Waals surface area contributed by atoms with Gasteiger partial charge in [0.1, 0.15) is 0 Å². The summed E-state index contributed by atoms with van der Waals surface area (Å²) in [6, 6.07) is 10.1. The highest BCUT2D eigenvalue weighted by molar-refractivity contribution is 5.90. The van der Waals surface area contributed by atoms with Gasteiger partial charge in [0.25, 0.3) is 0 Å². The summed E-state index contributed by atoms with van der Waals surface area (Å²) in [5.74, 6) is 0. The average molecular weight is 256 g/mol. The Bertz CT molecular complexity index is 556. The lowest BCUT2D eigenvalue weighted by Crippen LogP contribution is -2.38. The van der Waals surface area contributed by atoms with Crippen LogP contribution in [0.1, 0.15) is 32.1 Å². The summed E-state index contributed by atoms with van der Waals surface area (Å²) in [5, 5.41) is 15.0. The van der Waals surface area contributed by atoms with Crippen molar-refractivity contribution in [1.29, 1.82) is 0 Å². The molecule has 1 aliphatic rings. The van der Waals surface area contributed by atoms with E-state index in [1.165, 1.54) is 6.42 Å². The summed E-state index contributed by atoms with van der Waals surface area (Å²) in [7, 11) is 0. The van der Waals surface area contributed by atoms with Crippen molar-refractivity contribution < 1.29 is 5.11 Å². The second kappa shape index (κ2) is 5.17. The number of rotatable bonds is 3. The summed E-state index contributed by atoms with van der Waals surface area (Å²) >= 11 is 0. The number of aliphatic hydroxyl groups is 1. The fraction of sp³-hybridized carbons (Fsp3) is 0.438. The van der Waals surface area contributed by atoms with Crippen molar-refractivity contribution in [3.63, 3.8) is 0 Å². The van der Waals surface area contributed by atoms with Gasteiger partial charge in [0.15, 0.2) is 0 Å². The Kier molecular flexibility index (Phi) is 3.38. The molecule has 1 aromatic carbocycles. The number of nitrogens with zero attached hydrogens (tertiary/aromatic N) is 1. The van der Waals surface area contributed by atoms with Gasteiger partial charge in [-0.3, -0.25) is 4.98 Å². The highest BCUT2D eigenvalue weighted by Gasteiger charge is 2.28. The van der Waals surface area contributed by atoms with Crippen LogP contribution in [-0.2, 0) is 0 Å². The highest BCUT2D eigenvalue weighted by Crippen LogP contribution is 2.29. The molecule has 3 rings (SSSR count). The summed E-state index contributed by atoms with van der Waals surface area (Å²) in [6.07, 6.45) is 7.12. The molecule has 0 radical (unpaired) electrons. The van der Waals surface area contributed by atoms with E-state index in [4.69, 9.17) is 0 Å². The molecule has 3 nitrogen and oxygen atoms in total. The lowest BCUT2D eigenvalue weighted by Gasteiger charge is -2.32. The van der Waals surface area contributed by atoms with Crippen molar-refractivity contribution >= 4 is 16.6 Å². The Labute approximate surface area is 113 Å². The standard InChI is InChI=1S/C16H20N2O/c19-16(9-2-1-3-10-16)12-18-14-8-4-6-13-7-5-11-17-15(13)14/h4-8,11,18-19H,1-3,9-10,12H2. The largest absolute Gasteiger partial charge is 0.388 e. The number of hydrogen-bond donors (Lipinski definition) is 2. The topological polar surface area (TPSA) is 45.1 Å². The molecule has 0 atom stereocenters. The highest BCUT2D eigenvalue weighted by atomic mass is 16.3. The Morgan fingerprint density at radius 2 is 1.89 bits per heavy atom. The predicted octanol–water partition coefficient (Wildman–Crippen LogP) is 3.34. The minimum atomic E-state index is -0.546. The van der Waals surface area contributed by atoms with Gasteiger partial charge in [0.05, 0.1) is 16.8 Å². The van der Waals surface area contributed by atoms with Gasteiger partial charge in [-0.25, -0.2) is 0 Å². The molecular weight excluding hydrogens is 236 g/mol. The molecule has 19 heavy (non-hydrogen) atoms. The molecule has 0 amide bonds. The predicted molar refractivity (Wildman–Crippen MR) is 78.3 cm³/mol. The first-order valence-corrected chi connectivity index (χ1v) is 7.07. The number of fused-ring (bicyclic) bond motifs is 1. The van der Waals surface area contributed by atoms with Gasteiger partial charge in [-0.1, -0.05) is 37.5 Å². The molecule has 3 heteroatoms. The van der Waals surface area contributed by atoms with Gasteiger partial charge in [0.2, 0.25) is 0 Å². The van der Waals surface area contributed by atoms with Crippen molar-refractivity contribution in [2.75, 3.05) is 11.9 Å². The van der Waals surface area contributed by atoms with E-state index in [0.29, 0.717) is 6.54 Å². The van der Waals surface area contributed by atoms with Crippen molar-refractivity contribution in [2.24, 2.45) is 0 Å². The summed E-state index contributed by atoms with van der Waals surface area (Å²) < 4.78 is 0. The Morgan fingerprint density at radius 3 is 2.74 bits per heavy atom. The van der Waals surface area contributed by atoms with Gasteiger partial charge in [-0.15, -0.1) is 0 Å². The Morgan fingerprint density at radius 1 is 1.11 bits per heavy atom. The third-order valence-corrected chi connectivity index (χ3v) is 4.02. The number of hydrogen-bond acceptors (Lipinski definition) is 3. The summed E-state index contributed by atoms with van der Waals surface area (Å²) in [6.45, 7) is 0.614. The van der Waals surface area contributed by atoms with Crippen LogP contribution in [0.3, 0.4) is 0 Å². The van der Waals surface area contributed by atoms with Crippen LogP contribution in [0.15, 0.2) is 36.5 Å². The molecule has 1 fully saturated rings. The minimum absolute atomic E-state index is 0.546. The summed E-state index contributed by atoms with van der Waals surface area (Å²) in [5.41, 5.74) is 1.44. The van der Waals surface area contributed by atoms with Gasteiger partial charge in [-0.05, 0) is 25.0 Å². The Hall–Kier alpha value is -1.61. The van der Waals surface area contributed by atoms with E-state index in [1.807, 2.05) is 24.4 Å². The maximum atomic E-state index is 10.5. The van der Waals surface area contributed by atoms with E-state index in [-0.39, 0.29) is 0 Å². The van der Waals surface area contributed by atoms with Crippen LogP contribution in [0.5, 0.6) is 0 Å². The molecule has 2 N–H and O–H groups in total. The van der Waals surface area contributed by atoms with Crippen molar-refractivity contribution in [2.45, 2.75) is 37.7 Å².